The summed E-state index contributed by atoms with van der Waals surface area (Å²) in [5, 5.41) is 22.8. The Morgan fingerprint density at radius 2 is 2.00 bits per heavy atom. The molecule has 0 bridgehead atoms. The van der Waals surface area contributed by atoms with Gasteiger partial charge in [0.2, 0.25) is 0 Å². The Balaban J connectivity index is 1.59. The number of nitriles is 1. The van der Waals surface area contributed by atoms with Crippen LogP contribution in [0.15, 0.2) is 36.4 Å². The summed E-state index contributed by atoms with van der Waals surface area (Å²) in [6.45, 7) is 7.46. The fourth-order valence-electron chi connectivity index (χ4n) is 4.19. The van der Waals surface area contributed by atoms with E-state index in [2.05, 4.69) is 16.4 Å². The van der Waals surface area contributed by atoms with E-state index in [4.69, 9.17) is 21.3 Å². The maximum absolute atomic E-state index is 13.2. The number of benzene rings is 1. The molecule has 1 atom stereocenters. The second-order valence-electron chi connectivity index (χ2n) is 10.1. The summed E-state index contributed by atoms with van der Waals surface area (Å²) in [7, 11) is 0. The first-order valence-corrected chi connectivity index (χ1v) is 13.5. The molecule has 2 N–H and O–H groups in total. The van der Waals surface area contributed by atoms with Crippen molar-refractivity contribution in [3.8, 4) is 27.8 Å². The van der Waals surface area contributed by atoms with E-state index in [1.54, 1.807) is 45.0 Å². The summed E-state index contributed by atoms with van der Waals surface area (Å²) in [5.74, 6) is 0. The molecule has 3 heterocycles. The quantitative estimate of drug-likeness (QED) is 0.416. The Kier molecular flexibility index (Phi) is 8.39. The van der Waals surface area contributed by atoms with Crippen LogP contribution in [0, 0.1) is 18.3 Å². The molecule has 0 saturated carbocycles. The number of thiazole rings is 1. The van der Waals surface area contributed by atoms with Crippen molar-refractivity contribution < 1.29 is 19.4 Å². The van der Waals surface area contributed by atoms with Crippen LogP contribution >= 0.6 is 22.9 Å². The number of carbonyl (C=O) groups is 2. The molecule has 39 heavy (non-hydrogen) atoms. The first kappa shape index (κ1) is 28.3. The van der Waals surface area contributed by atoms with Gasteiger partial charge < -0.3 is 14.7 Å². The Morgan fingerprint density at radius 3 is 2.67 bits per heavy atom. The number of hydrogen-bond acceptors (Lipinski definition) is 8. The molecule has 1 aliphatic heterocycles. The van der Waals surface area contributed by atoms with Crippen molar-refractivity contribution in [1.82, 2.24) is 19.8 Å². The third-order valence-corrected chi connectivity index (χ3v) is 7.11. The van der Waals surface area contributed by atoms with Crippen LogP contribution in [0.25, 0.3) is 21.7 Å². The zero-order valence-corrected chi connectivity index (χ0v) is 23.6. The zero-order chi connectivity index (χ0) is 28.3. The normalized spacial score (nSPS) is 15.6. The lowest BCUT2D eigenvalue weighted by Crippen LogP contribution is -2.59. The van der Waals surface area contributed by atoms with Gasteiger partial charge in [0.15, 0.2) is 5.13 Å². The molecule has 0 spiro atoms. The number of rotatable bonds is 4. The van der Waals surface area contributed by atoms with Crippen LogP contribution < -0.4 is 5.32 Å². The van der Waals surface area contributed by atoms with Crippen LogP contribution in [-0.2, 0) is 4.74 Å². The van der Waals surface area contributed by atoms with Crippen molar-refractivity contribution in [2.75, 3.05) is 31.6 Å². The molecule has 4 rings (SSSR count). The smallest absolute Gasteiger partial charge is 0.410 e. The molecule has 1 aromatic carbocycles. The summed E-state index contributed by atoms with van der Waals surface area (Å²) in [6.07, 6.45) is -0.526. The van der Waals surface area contributed by atoms with Crippen molar-refractivity contribution in [1.29, 1.82) is 5.26 Å². The Bertz CT molecular complexity index is 1410. The van der Waals surface area contributed by atoms with E-state index in [-0.39, 0.29) is 26.2 Å². The number of amides is 3. The van der Waals surface area contributed by atoms with Gasteiger partial charge in [-0.2, -0.15) is 5.26 Å². The highest BCUT2D eigenvalue weighted by molar-refractivity contribution is 7.19. The number of aryl methyl sites for hydroxylation is 1. The van der Waals surface area contributed by atoms with Crippen molar-refractivity contribution in [3.05, 3.63) is 52.8 Å². The van der Waals surface area contributed by atoms with Gasteiger partial charge in [-0.3, -0.25) is 10.2 Å². The molecule has 3 amide bonds. The minimum atomic E-state index is -0.670. The Hall–Kier alpha value is -3.72. The summed E-state index contributed by atoms with van der Waals surface area (Å²) in [5.41, 5.74) is 2.64. The average Bonchev–Trinajstić information content (AvgIpc) is 3.30. The molecule has 12 heteroatoms. The van der Waals surface area contributed by atoms with Gasteiger partial charge in [0.25, 0.3) is 0 Å². The monoisotopic (exact) mass is 568 g/mol. The third kappa shape index (κ3) is 6.84. The van der Waals surface area contributed by atoms with Crippen molar-refractivity contribution in [2.45, 2.75) is 39.3 Å². The summed E-state index contributed by atoms with van der Waals surface area (Å²) < 4.78 is 5.45. The van der Waals surface area contributed by atoms with Crippen LogP contribution in [0.3, 0.4) is 0 Å². The standard InChI is InChI=1S/C27H29ClN6O4S/c1-16-10-19(12-21(28)30-16)23-22(18-7-5-6-17(11-18)13-29)31-24(39-23)32-25(36)33-8-9-34(20(14-33)15-35)26(37)38-27(2,3)4/h5-7,10-12,20,35H,8-9,14-15H2,1-4H3,(H,31,32,36)/t20-/m0/s1. The molecule has 1 fully saturated rings. The molecule has 0 aliphatic carbocycles. The number of nitrogens with zero attached hydrogens (tertiary/aromatic N) is 5. The Morgan fingerprint density at radius 1 is 1.23 bits per heavy atom. The maximum Gasteiger partial charge on any atom is 0.410 e. The predicted molar refractivity (Wildman–Crippen MR) is 150 cm³/mol. The molecule has 0 unspecified atom stereocenters. The van der Waals surface area contributed by atoms with E-state index >= 15 is 0 Å². The molecule has 3 aromatic rings. The highest BCUT2D eigenvalue weighted by Crippen LogP contribution is 2.40. The minimum Gasteiger partial charge on any atom is -0.444 e. The number of hydrogen-bond donors (Lipinski definition) is 2. The number of pyridine rings is 1. The number of piperazine rings is 1. The van der Waals surface area contributed by atoms with E-state index in [9.17, 15) is 20.0 Å². The third-order valence-electron chi connectivity index (χ3n) is 5.90. The van der Waals surface area contributed by atoms with Crippen molar-refractivity contribution >= 4 is 40.2 Å². The number of aromatic nitrogens is 2. The summed E-state index contributed by atoms with van der Waals surface area (Å²) in [4.78, 5) is 38.5. The molecule has 1 saturated heterocycles. The summed E-state index contributed by atoms with van der Waals surface area (Å²) >= 11 is 7.51. The van der Waals surface area contributed by atoms with Crippen molar-refractivity contribution in [3.63, 3.8) is 0 Å². The van der Waals surface area contributed by atoms with Gasteiger partial charge in [0.05, 0.1) is 34.9 Å². The minimum absolute atomic E-state index is 0.135. The molecule has 0 radical (unpaired) electrons. The summed E-state index contributed by atoms with van der Waals surface area (Å²) in [6, 6.07) is 11.8. The topological polar surface area (TPSA) is 132 Å². The number of urea groups is 1. The first-order valence-electron chi connectivity index (χ1n) is 12.3. The number of carbonyl (C=O) groups excluding carboxylic acids is 2. The van der Waals surface area contributed by atoms with Gasteiger partial charge in [-0.15, -0.1) is 0 Å². The molecular formula is C27H29ClN6O4S. The molecule has 2 aromatic heterocycles. The van der Waals surface area contributed by atoms with Gasteiger partial charge in [0.1, 0.15) is 10.8 Å². The SMILES string of the molecule is Cc1cc(-c2sc(NC(=O)N3CCN(C(=O)OC(C)(C)C)[C@H](CO)C3)nc2-c2cccc(C#N)c2)cc(Cl)n1. The average molecular weight is 569 g/mol. The van der Waals surface area contributed by atoms with E-state index in [0.29, 0.717) is 21.5 Å². The number of aliphatic hydroxyl groups excluding tert-OH is 1. The van der Waals surface area contributed by atoms with Crippen LogP contribution in [-0.4, -0.2) is 74.9 Å². The fraction of sp³-hybridized carbons (Fsp3) is 0.370. The molecule has 10 nitrogen and oxygen atoms in total. The number of ether oxygens (including phenoxy) is 1. The molecule has 204 valence electrons. The number of nitrogens with one attached hydrogen (secondary N) is 1. The van der Waals surface area contributed by atoms with Gasteiger partial charge in [-0.25, -0.2) is 19.6 Å². The van der Waals surface area contributed by atoms with Gasteiger partial charge in [-0.1, -0.05) is 35.1 Å². The lowest BCUT2D eigenvalue weighted by atomic mass is 10.1. The second-order valence-corrected chi connectivity index (χ2v) is 11.5. The second kappa shape index (κ2) is 11.6. The van der Waals surface area contributed by atoms with E-state index in [0.717, 1.165) is 21.7 Å². The van der Waals surface area contributed by atoms with E-state index in [1.807, 2.05) is 19.1 Å². The zero-order valence-electron chi connectivity index (χ0n) is 22.1. The molecule has 1 aliphatic rings. The van der Waals surface area contributed by atoms with Gasteiger partial charge in [0, 0.05) is 30.9 Å². The highest BCUT2D eigenvalue weighted by atomic mass is 35.5. The number of anilines is 1. The number of aliphatic hydroxyl groups is 1. The van der Waals surface area contributed by atoms with Crippen molar-refractivity contribution in [2.24, 2.45) is 0 Å². The van der Waals surface area contributed by atoms with E-state index in [1.165, 1.54) is 21.1 Å². The highest BCUT2D eigenvalue weighted by Gasteiger charge is 2.35. The predicted octanol–water partition coefficient (Wildman–Crippen LogP) is 5.15. The van der Waals surface area contributed by atoms with E-state index < -0.39 is 23.8 Å². The lowest BCUT2D eigenvalue weighted by Gasteiger charge is -2.40. The van der Waals surface area contributed by atoms with Crippen LogP contribution in [0.1, 0.15) is 32.0 Å². The van der Waals surface area contributed by atoms with Gasteiger partial charge in [-0.05, 0) is 57.5 Å². The molecular weight excluding hydrogens is 540 g/mol. The van der Waals surface area contributed by atoms with Crippen LogP contribution in [0.5, 0.6) is 0 Å². The lowest BCUT2D eigenvalue weighted by molar-refractivity contribution is -0.00589. The first-order chi connectivity index (χ1) is 18.5. The van der Waals surface area contributed by atoms with Crippen LogP contribution in [0.4, 0.5) is 14.7 Å². The largest absolute Gasteiger partial charge is 0.444 e. The van der Waals surface area contributed by atoms with Crippen LogP contribution in [0.2, 0.25) is 5.15 Å². The fourth-order valence-corrected chi connectivity index (χ4v) is 5.40. The maximum atomic E-state index is 13.2. The Labute approximate surface area is 235 Å². The number of halogens is 1. The van der Waals surface area contributed by atoms with Gasteiger partial charge >= 0.3 is 12.1 Å².